The van der Waals surface area contributed by atoms with Crippen LogP contribution in [0.1, 0.15) is 44.6 Å². The van der Waals surface area contributed by atoms with E-state index in [0.717, 1.165) is 12.1 Å². The Bertz CT molecular complexity index is 984. The van der Waals surface area contributed by atoms with Crippen molar-refractivity contribution in [2.75, 3.05) is 13.2 Å². The second-order valence-electron chi connectivity index (χ2n) is 9.25. The number of hydrogen-bond acceptors (Lipinski definition) is 9. The van der Waals surface area contributed by atoms with E-state index >= 15 is 0 Å². The van der Waals surface area contributed by atoms with Crippen LogP contribution < -0.4 is 10.5 Å². The Balaban J connectivity index is 1.78. The highest BCUT2D eigenvalue weighted by Crippen LogP contribution is 2.36. The molecule has 1 aliphatic rings. The van der Waals surface area contributed by atoms with E-state index < -0.39 is 54.2 Å². The van der Waals surface area contributed by atoms with E-state index in [1.54, 1.807) is 6.08 Å². The molecule has 1 aromatic rings. The van der Waals surface area contributed by atoms with Crippen molar-refractivity contribution in [1.82, 2.24) is 0 Å². The number of aliphatic hydroxyl groups is 3. The van der Waals surface area contributed by atoms with Gasteiger partial charge in [-0.1, -0.05) is 30.4 Å². The minimum Gasteiger partial charge on any atom is -0.491 e. The second kappa shape index (κ2) is 15.6. The maximum absolute atomic E-state index is 12.8. The zero-order valence-corrected chi connectivity index (χ0v) is 21.6. The number of carbonyl (C=O) groups excluding carboxylic acids is 2. The molecule has 0 radical (unpaired) electrons. The van der Waals surface area contributed by atoms with Gasteiger partial charge in [-0.25, -0.2) is 0 Å². The lowest BCUT2D eigenvalue weighted by Crippen LogP contribution is -2.25. The monoisotopic (exact) mass is 559 g/mol. The lowest BCUT2D eigenvalue weighted by Gasteiger charge is -2.19. The summed E-state index contributed by atoms with van der Waals surface area (Å²) in [7, 11) is 0. The van der Waals surface area contributed by atoms with Crippen LogP contribution in [-0.2, 0) is 25.2 Å². The van der Waals surface area contributed by atoms with Crippen molar-refractivity contribution < 1.29 is 52.3 Å². The molecule has 0 saturated heterocycles. The molecule has 9 nitrogen and oxygen atoms in total. The van der Waals surface area contributed by atoms with Crippen molar-refractivity contribution in [2.24, 2.45) is 17.6 Å². The smallest absolute Gasteiger partial charge is 0.416 e. The predicted molar refractivity (Wildman–Crippen MR) is 134 cm³/mol. The molecule has 6 atom stereocenters. The van der Waals surface area contributed by atoms with Gasteiger partial charge in [0.05, 0.1) is 24.3 Å². The highest BCUT2D eigenvalue weighted by atomic mass is 19.4. The molecule has 0 aromatic heterocycles. The number of carbonyl (C=O) groups is 2. The molecule has 5 N–H and O–H groups in total. The number of nitrogens with two attached hydrogens (primary N) is 1. The van der Waals surface area contributed by atoms with Gasteiger partial charge in [0.1, 0.15) is 18.5 Å². The van der Waals surface area contributed by atoms with E-state index in [4.69, 9.17) is 19.9 Å². The molecule has 1 unspecified atom stereocenters. The number of aliphatic hydroxyl groups excluding tert-OH is 3. The Kier molecular flexibility index (Phi) is 12.9. The number of esters is 2. The van der Waals surface area contributed by atoms with E-state index in [1.165, 1.54) is 25.1 Å². The first kappa shape index (κ1) is 32.3. The average Bonchev–Trinajstić information content (AvgIpc) is 3.14. The van der Waals surface area contributed by atoms with Gasteiger partial charge in [-0.2, -0.15) is 13.2 Å². The van der Waals surface area contributed by atoms with Crippen molar-refractivity contribution in [1.29, 1.82) is 0 Å². The molecule has 1 fully saturated rings. The number of ether oxygens (including phenoxy) is 3. The van der Waals surface area contributed by atoms with Crippen LogP contribution in [-0.4, -0.2) is 65.0 Å². The maximum Gasteiger partial charge on any atom is 0.416 e. The highest BCUT2D eigenvalue weighted by molar-refractivity contribution is 5.72. The minimum atomic E-state index is -4.51. The molecule has 12 heteroatoms. The number of alkyl halides is 3. The largest absolute Gasteiger partial charge is 0.491 e. The third-order valence-corrected chi connectivity index (χ3v) is 6.14. The van der Waals surface area contributed by atoms with Crippen molar-refractivity contribution in [2.45, 2.75) is 69.8 Å². The van der Waals surface area contributed by atoms with Crippen LogP contribution in [0.4, 0.5) is 13.2 Å². The fourth-order valence-electron chi connectivity index (χ4n) is 4.20. The minimum absolute atomic E-state index is 0.0329. The van der Waals surface area contributed by atoms with Gasteiger partial charge in [0.15, 0.2) is 0 Å². The summed E-state index contributed by atoms with van der Waals surface area (Å²) in [5.41, 5.74) is 4.27. The summed E-state index contributed by atoms with van der Waals surface area (Å²) < 4.78 is 53.5. The van der Waals surface area contributed by atoms with Crippen LogP contribution in [0, 0.1) is 11.8 Å². The first-order valence-electron chi connectivity index (χ1n) is 12.7. The molecule has 2 rings (SSSR count). The molecule has 1 aromatic carbocycles. The third-order valence-electron chi connectivity index (χ3n) is 6.14. The molecule has 0 spiro atoms. The Morgan fingerprint density at radius 2 is 1.87 bits per heavy atom. The number of rotatable bonds is 14. The summed E-state index contributed by atoms with van der Waals surface area (Å²) in [5.74, 6) is -1.98. The van der Waals surface area contributed by atoms with Crippen LogP contribution in [0.3, 0.4) is 0 Å². The van der Waals surface area contributed by atoms with Gasteiger partial charge in [-0.15, -0.1) is 0 Å². The average molecular weight is 560 g/mol. The van der Waals surface area contributed by atoms with Crippen molar-refractivity contribution in [3.05, 3.63) is 54.1 Å². The van der Waals surface area contributed by atoms with Gasteiger partial charge in [0.25, 0.3) is 0 Å². The second-order valence-corrected chi connectivity index (χ2v) is 9.25. The first-order valence-corrected chi connectivity index (χ1v) is 12.7. The predicted octanol–water partition coefficient (Wildman–Crippen LogP) is 2.87. The molecule has 218 valence electrons. The zero-order valence-electron chi connectivity index (χ0n) is 21.6. The summed E-state index contributed by atoms with van der Waals surface area (Å²) in [6.07, 6.45) is 0.218. The Morgan fingerprint density at radius 3 is 2.56 bits per heavy atom. The van der Waals surface area contributed by atoms with Gasteiger partial charge < -0.3 is 35.3 Å². The topological polar surface area (TPSA) is 149 Å². The quantitative estimate of drug-likeness (QED) is 0.117. The lowest BCUT2D eigenvalue weighted by atomic mass is 9.89. The number of halogens is 3. The van der Waals surface area contributed by atoms with Gasteiger partial charge in [0, 0.05) is 25.7 Å². The number of unbranched alkanes of at least 4 members (excludes halogenated alkanes) is 1. The van der Waals surface area contributed by atoms with E-state index in [9.17, 15) is 38.1 Å². The third kappa shape index (κ3) is 11.4. The van der Waals surface area contributed by atoms with E-state index in [0.29, 0.717) is 19.3 Å². The van der Waals surface area contributed by atoms with Gasteiger partial charge >= 0.3 is 18.1 Å². The van der Waals surface area contributed by atoms with E-state index in [2.05, 4.69) is 0 Å². The van der Waals surface area contributed by atoms with Crippen LogP contribution >= 0.6 is 0 Å². The molecule has 0 aliphatic heterocycles. The van der Waals surface area contributed by atoms with Crippen molar-refractivity contribution >= 4 is 11.9 Å². The molecule has 1 aliphatic carbocycles. The standard InChI is InChI=1S/C27H36F3NO8/c1-17(39-26(36)15-31)38-25(35)10-5-3-2-4-9-21-22(24(34)14-23(21)33)12-11-19(32)16-37-20-8-6-7-18(13-20)27(28,29)30/h2,4,6-8,11-13,17,19,21-24,32-34H,3,5,9-10,14-16,31H2,1H3/b4-2-,12-11+/t17?,19-,21-,22-,23+,24-/m1/s1. The number of allylic oxidation sites excluding steroid dienone is 2. The summed E-state index contributed by atoms with van der Waals surface area (Å²) in [6.45, 7) is 0.818. The molecule has 0 bridgehead atoms. The van der Waals surface area contributed by atoms with E-state index in [-0.39, 0.29) is 37.7 Å². The fraction of sp³-hybridized carbons (Fsp3) is 0.556. The Labute approximate surface area is 225 Å². The van der Waals surface area contributed by atoms with Crippen molar-refractivity contribution in [3.8, 4) is 5.75 Å². The summed E-state index contributed by atoms with van der Waals surface area (Å²) >= 11 is 0. The number of benzene rings is 1. The van der Waals surface area contributed by atoms with Crippen LogP contribution in [0.5, 0.6) is 5.75 Å². The van der Waals surface area contributed by atoms with E-state index in [1.807, 2.05) is 12.2 Å². The van der Waals surface area contributed by atoms with Gasteiger partial charge in [-0.05, 0) is 43.4 Å². The maximum atomic E-state index is 12.8. The summed E-state index contributed by atoms with van der Waals surface area (Å²) in [6, 6.07) is 4.34. The van der Waals surface area contributed by atoms with Crippen LogP contribution in [0.25, 0.3) is 0 Å². The molecular weight excluding hydrogens is 523 g/mol. The molecule has 0 amide bonds. The molecular formula is C27H36F3NO8. The van der Waals surface area contributed by atoms with Gasteiger partial charge in [0.2, 0.25) is 6.29 Å². The normalized spacial score (nSPS) is 23.2. The van der Waals surface area contributed by atoms with Gasteiger partial charge in [-0.3, -0.25) is 9.59 Å². The van der Waals surface area contributed by atoms with Crippen LogP contribution in [0.2, 0.25) is 0 Å². The molecule has 39 heavy (non-hydrogen) atoms. The SMILES string of the molecule is CC(OC(=O)CN)OC(=O)CCC/C=C\C[C@@H]1[C@@H](/C=C/[C@@H](O)COc2cccc(C(F)(F)F)c2)[C@H](O)C[C@@H]1O. The summed E-state index contributed by atoms with van der Waals surface area (Å²) in [4.78, 5) is 22.9. The Morgan fingerprint density at radius 1 is 1.15 bits per heavy atom. The molecule has 1 saturated carbocycles. The molecule has 0 heterocycles. The Hall–Kier alpha value is -2.93. The fourth-order valence-corrected chi connectivity index (χ4v) is 4.20. The first-order chi connectivity index (χ1) is 18.4. The lowest BCUT2D eigenvalue weighted by molar-refractivity contribution is -0.183. The summed E-state index contributed by atoms with van der Waals surface area (Å²) in [5, 5.41) is 30.9. The van der Waals surface area contributed by atoms with Crippen LogP contribution in [0.15, 0.2) is 48.6 Å². The van der Waals surface area contributed by atoms with Crippen molar-refractivity contribution in [3.63, 3.8) is 0 Å². The highest BCUT2D eigenvalue weighted by Gasteiger charge is 2.39. The zero-order chi connectivity index (χ0) is 29.0. The number of hydrogen-bond donors (Lipinski definition) is 4.